The van der Waals surface area contributed by atoms with Crippen molar-refractivity contribution in [2.75, 3.05) is 26.2 Å². The Morgan fingerprint density at radius 3 is 3.08 bits per heavy atom. The van der Waals surface area contributed by atoms with Crippen LogP contribution in [0.25, 0.3) is 0 Å². The van der Waals surface area contributed by atoms with E-state index in [4.69, 9.17) is 5.11 Å². The van der Waals surface area contributed by atoms with Crippen molar-refractivity contribution in [3.8, 4) is 0 Å². The Hall–Kier alpha value is -0.120. The highest BCUT2D eigenvalue weighted by Gasteiger charge is 2.11. The lowest BCUT2D eigenvalue weighted by Crippen LogP contribution is -2.37. The first-order chi connectivity index (χ1) is 5.79. The van der Waals surface area contributed by atoms with Gasteiger partial charge in [0.15, 0.2) is 0 Å². The largest absolute Gasteiger partial charge is 0.392 e. The molecular weight excluding hydrogens is 152 g/mol. The summed E-state index contributed by atoms with van der Waals surface area (Å²) in [6, 6.07) is 0. The molecule has 0 aliphatic carbocycles. The van der Waals surface area contributed by atoms with Crippen molar-refractivity contribution < 1.29 is 5.11 Å². The number of piperidine rings is 1. The fourth-order valence-electron chi connectivity index (χ4n) is 1.59. The zero-order chi connectivity index (χ0) is 8.81. The number of nitrogens with one attached hydrogen (secondary N) is 2. The zero-order valence-electron chi connectivity index (χ0n) is 7.84. The van der Waals surface area contributed by atoms with Crippen LogP contribution in [0.2, 0.25) is 0 Å². The van der Waals surface area contributed by atoms with Gasteiger partial charge in [-0.05, 0) is 45.3 Å². The van der Waals surface area contributed by atoms with Gasteiger partial charge in [-0.2, -0.15) is 0 Å². The minimum atomic E-state index is -0.221. The van der Waals surface area contributed by atoms with Crippen LogP contribution in [0.3, 0.4) is 0 Å². The molecule has 3 N–H and O–H groups in total. The van der Waals surface area contributed by atoms with Gasteiger partial charge in [-0.3, -0.25) is 0 Å². The van der Waals surface area contributed by atoms with E-state index in [1.807, 2.05) is 6.92 Å². The smallest absolute Gasteiger partial charge is 0.0636 e. The predicted octanol–water partition coefficient (Wildman–Crippen LogP) is -0.0436. The second kappa shape index (κ2) is 5.51. The van der Waals surface area contributed by atoms with Gasteiger partial charge in [0.1, 0.15) is 0 Å². The lowest BCUT2D eigenvalue weighted by Gasteiger charge is -2.23. The summed E-state index contributed by atoms with van der Waals surface area (Å²) in [6.07, 6.45) is 2.39. The highest BCUT2D eigenvalue weighted by molar-refractivity contribution is 4.71. The second-order valence-electron chi connectivity index (χ2n) is 3.72. The molecule has 0 aromatic carbocycles. The molecule has 2 atom stereocenters. The Kier molecular flexibility index (Phi) is 4.58. The number of aliphatic hydroxyl groups is 1. The van der Waals surface area contributed by atoms with Crippen LogP contribution in [-0.2, 0) is 0 Å². The SMILES string of the molecule is C[C@H](O)CNC[C@@H]1CCCNC1. The van der Waals surface area contributed by atoms with Crippen LogP contribution < -0.4 is 10.6 Å². The molecule has 3 nitrogen and oxygen atoms in total. The monoisotopic (exact) mass is 172 g/mol. The van der Waals surface area contributed by atoms with Gasteiger partial charge >= 0.3 is 0 Å². The van der Waals surface area contributed by atoms with Crippen molar-refractivity contribution in [3.63, 3.8) is 0 Å². The van der Waals surface area contributed by atoms with E-state index in [1.54, 1.807) is 0 Å². The quantitative estimate of drug-likeness (QED) is 0.557. The third-order valence-corrected chi connectivity index (χ3v) is 2.27. The second-order valence-corrected chi connectivity index (χ2v) is 3.72. The van der Waals surface area contributed by atoms with Gasteiger partial charge in [0.2, 0.25) is 0 Å². The first-order valence-corrected chi connectivity index (χ1v) is 4.88. The third-order valence-electron chi connectivity index (χ3n) is 2.27. The molecule has 0 bridgehead atoms. The number of hydrogen-bond acceptors (Lipinski definition) is 3. The molecule has 3 heteroatoms. The van der Waals surface area contributed by atoms with Gasteiger partial charge in [-0.25, -0.2) is 0 Å². The normalized spacial score (nSPS) is 27.0. The van der Waals surface area contributed by atoms with Crippen LogP contribution in [0.4, 0.5) is 0 Å². The minimum absolute atomic E-state index is 0.221. The Labute approximate surface area is 74.5 Å². The standard InChI is InChI=1S/C9H20N2O/c1-8(12)5-11-7-9-3-2-4-10-6-9/h8-12H,2-7H2,1H3/t8-,9+/m0/s1. The Morgan fingerprint density at radius 2 is 2.50 bits per heavy atom. The van der Waals surface area contributed by atoms with Gasteiger partial charge in [0.25, 0.3) is 0 Å². The van der Waals surface area contributed by atoms with E-state index in [0.717, 1.165) is 25.6 Å². The topological polar surface area (TPSA) is 44.3 Å². The molecule has 1 saturated heterocycles. The average Bonchev–Trinajstić information content (AvgIpc) is 2.05. The number of aliphatic hydroxyl groups excluding tert-OH is 1. The molecular formula is C9H20N2O. The summed E-state index contributed by atoms with van der Waals surface area (Å²) in [5.74, 6) is 0.762. The van der Waals surface area contributed by atoms with E-state index in [9.17, 15) is 0 Å². The summed E-state index contributed by atoms with van der Waals surface area (Å²) in [5.41, 5.74) is 0. The maximum absolute atomic E-state index is 9.00. The van der Waals surface area contributed by atoms with Gasteiger partial charge in [-0.1, -0.05) is 0 Å². The molecule has 0 aromatic heterocycles. The summed E-state index contributed by atoms with van der Waals surface area (Å²) in [7, 11) is 0. The Morgan fingerprint density at radius 1 is 1.67 bits per heavy atom. The van der Waals surface area contributed by atoms with Crippen molar-refractivity contribution in [3.05, 3.63) is 0 Å². The summed E-state index contributed by atoms with van der Waals surface area (Å²) in [5, 5.41) is 15.6. The Bertz CT molecular complexity index is 111. The van der Waals surface area contributed by atoms with E-state index in [2.05, 4.69) is 10.6 Å². The van der Waals surface area contributed by atoms with Gasteiger partial charge in [0, 0.05) is 6.54 Å². The zero-order valence-corrected chi connectivity index (χ0v) is 7.84. The van der Waals surface area contributed by atoms with Gasteiger partial charge in [-0.15, -0.1) is 0 Å². The highest BCUT2D eigenvalue weighted by atomic mass is 16.3. The summed E-state index contributed by atoms with van der Waals surface area (Å²) >= 11 is 0. The van der Waals surface area contributed by atoms with Crippen LogP contribution >= 0.6 is 0 Å². The van der Waals surface area contributed by atoms with E-state index < -0.39 is 0 Å². The lowest BCUT2D eigenvalue weighted by molar-refractivity contribution is 0.187. The fraction of sp³-hybridized carbons (Fsp3) is 1.00. The van der Waals surface area contributed by atoms with E-state index in [-0.39, 0.29) is 6.10 Å². The lowest BCUT2D eigenvalue weighted by atomic mass is 10.00. The van der Waals surface area contributed by atoms with Crippen molar-refractivity contribution in [1.29, 1.82) is 0 Å². The van der Waals surface area contributed by atoms with Crippen LogP contribution in [0, 0.1) is 5.92 Å². The highest BCUT2D eigenvalue weighted by Crippen LogP contribution is 2.07. The van der Waals surface area contributed by atoms with E-state index in [0.29, 0.717) is 0 Å². The fourth-order valence-corrected chi connectivity index (χ4v) is 1.59. The number of rotatable bonds is 4. The third kappa shape index (κ3) is 4.04. The van der Waals surface area contributed by atoms with Crippen LogP contribution in [0.1, 0.15) is 19.8 Å². The molecule has 0 amide bonds. The molecule has 0 aromatic rings. The van der Waals surface area contributed by atoms with Gasteiger partial charge in [0.05, 0.1) is 6.10 Å². The van der Waals surface area contributed by atoms with Crippen molar-refractivity contribution >= 4 is 0 Å². The molecule has 0 unspecified atom stereocenters. The van der Waals surface area contributed by atoms with Crippen LogP contribution in [-0.4, -0.2) is 37.4 Å². The molecule has 1 aliphatic rings. The molecule has 1 heterocycles. The first kappa shape index (κ1) is 9.96. The molecule has 0 spiro atoms. The molecule has 72 valence electrons. The van der Waals surface area contributed by atoms with Crippen LogP contribution in [0.15, 0.2) is 0 Å². The summed E-state index contributed by atoms with van der Waals surface area (Å²) < 4.78 is 0. The first-order valence-electron chi connectivity index (χ1n) is 4.88. The predicted molar refractivity (Wildman–Crippen MR) is 50.1 cm³/mol. The van der Waals surface area contributed by atoms with E-state index >= 15 is 0 Å². The molecule has 12 heavy (non-hydrogen) atoms. The van der Waals surface area contributed by atoms with Crippen molar-refractivity contribution in [1.82, 2.24) is 10.6 Å². The van der Waals surface area contributed by atoms with Crippen LogP contribution in [0.5, 0.6) is 0 Å². The molecule has 1 aliphatic heterocycles. The van der Waals surface area contributed by atoms with Crippen molar-refractivity contribution in [2.24, 2.45) is 5.92 Å². The minimum Gasteiger partial charge on any atom is -0.392 e. The van der Waals surface area contributed by atoms with Gasteiger partial charge < -0.3 is 15.7 Å². The summed E-state index contributed by atoms with van der Waals surface area (Å²) in [6.45, 7) is 5.88. The maximum Gasteiger partial charge on any atom is 0.0636 e. The van der Waals surface area contributed by atoms with E-state index in [1.165, 1.54) is 19.4 Å². The average molecular weight is 172 g/mol. The summed E-state index contributed by atoms with van der Waals surface area (Å²) in [4.78, 5) is 0. The molecule has 1 rings (SSSR count). The maximum atomic E-state index is 9.00. The molecule has 0 saturated carbocycles. The molecule has 1 fully saturated rings. The Balaban J connectivity index is 1.98. The molecule has 0 radical (unpaired) electrons. The van der Waals surface area contributed by atoms with Crippen molar-refractivity contribution in [2.45, 2.75) is 25.9 Å². The number of hydrogen-bond donors (Lipinski definition) is 3.